The molecule has 3 aromatic carbocycles. The number of benzene rings is 3. The van der Waals surface area contributed by atoms with Gasteiger partial charge in [0.2, 0.25) is 5.89 Å². The number of nitrogens with zero attached hydrogens (tertiary/aromatic N) is 1. The van der Waals surface area contributed by atoms with Gasteiger partial charge in [-0.3, -0.25) is 10.1 Å². The van der Waals surface area contributed by atoms with E-state index >= 15 is 0 Å². The number of carbonyl (C=O) groups is 1. The van der Waals surface area contributed by atoms with Gasteiger partial charge < -0.3 is 9.73 Å². The van der Waals surface area contributed by atoms with E-state index in [0.29, 0.717) is 11.5 Å². The van der Waals surface area contributed by atoms with Gasteiger partial charge in [0.1, 0.15) is 5.52 Å². The van der Waals surface area contributed by atoms with Crippen LogP contribution in [0.4, 0.5) is 5.69 Å². The minimum Gasteiger partial charge on any atom is -0.436 e. The van der Waals surface area contributed by atoms with Crippen LogP contribution in [-0.4, -0.2) is 16.0 Å². The van der Waals surface area contributed by atoms with E-state index in [0.717, 1.165) is 25.9 Å². The molecule has 28 heavy (non-hydrogen) atoms. The Bertz CT molecular complexity index is 1160. The Morgan fingerprint density at radius 1 is 1.00 bits per heavy atom. The molecule has 0 spiro atoms. The van der Waals surface area contributed by atoms with Gasteiger partial charge in [0.05, 0.1) is 5.56 Å². The molecule has 5 nitrogen and oxygen atoms in total. The molecule has 0 atom stereocenters. The first-order valence-corrected chi connectivity index (χ1v) is 9.92. The van der Waals surface area contributed by atoms with Crippen LogP contribution in [0.3, 0.4) is 0 Å². The van der Waals surface area contributed by atoms with Crippen LogP contribution in [0.5, 0.6) is 0 Å². The summed E-state index contributed by atoms with van der Waals surface area (Å²) in [4.78, 5) is 16.9. The third-order valence-electron chi connectivity index (χ3n) is 4.01. The molecule has 0 unspecified atom stereocenters. The zero-order valence-corrected chi connectivity index (χ0v) is 17.5. The largest absolute Gasteiger partial charge is 0.436 e. The zero-order chi connectivity index (χ0) is 19.5. The summed E-state index contributed by atoms with van der Waals surface area (Å²) in [5.74, 6) is 0.274. The van der Waals surface area contributed by atoms with Crippen molar-refractivity contribution in [3.05, 3.63) is 81.9 Å². The fraction of sp³-hybridized carbons (Fsp3) is 0. The fourth-order valence-electron chi connectivity index (χ4n) is 2.70. The number of aromatic nitrogens is 1. The predicted octanol–water partition coefficient (Wildman–Crippen LogP) is 5.23. The second-order valence-corrected chi connectivity index (χ2v) is 7.53. The van der Waals surface area contributed by atoms with Crippen LogP contribution in [-0.2, 0) is 0 Å². The molecule has 0 aliphatic carbocycles. The van der Waals surface area contributed by atoms with E-state index < -0.39 is 0 Å². The van der Waals surface area contributed by atoms with Crippen LogP contribution < -0.4 is 10.6 Å². The molecule has 2 N–H and O–H groups in total. The van der Waals surface area contributed by atoms with Gasteiger partial charge in [-0.1, -0.05) is 30.3 Å². The summed E-state index contributed by atoms with van der Waals surface area (Å²) < 4.78 is 6.67. The summed E-state index contributed by atoms with van der Waals surface area (Å²) in [7, 11) is 0. The number of fused-ring (bicyclic) bond motifs is 1. The highest BCUT2D eigenvalue weighted by molar-refractivity contribution is 14.1. The molecule has 1 amide bonds. The van der Waals surface area contributed by atoms with Gasteiger partial charge in [-0.2, -0.15) is 0 Å². The van der Waals surface area contributed by atoms with Crippen molar-refractivity contribution >= 4 is 62.6 Å². The second kappa shape index (κ2) is 8.07. The molecule has 4 rings (SSSR count). The van der Waals surface area contributed by atoms with Gasteiger partial charge in [-0.25, -0.2) is 4.98 Å². The van der Waals surface area contributed by atoms with E-state index in [2.05, 4.69) is 38.2 Å². The highest BCUT2D eigenvalue weighted by Crippen LogP contribution is 2.26. The molecular weight excluding hydrogens is 485 g/mol. The molecule has 0 saturated heterocycles. The Labute approximate surface area is 180 Å². The van der Waals surface area contributed by atoms with Crippen LogP contribution in [0.2, 0.25) is 0 Å². The number of nitrogens with one attached hydrogen (secondary N) is 2. The van der Waals surface area contributed by atoms with Crippen LogP contribution in [0.15, 0.2) is 77.2 Å². The molecule has 0 aliphatic rings. The van der Waals surface area contributed by atoms with Crippen molar-refractivity contribution in [1.82, 2.24) is 10.3 Å². The van der Waals surface area contributed by atoms with E-state index in [1.165, 1.54) is 0 Å². The lowest BCUT2D eigenvalue weighted by Gasteiger charge is -2.11. The van der Waals surface area contributed by atoms with Crippen molar-refractivity contribution in [2.24, 2.45) is 0 Å². The Balaban J connectivity index is 1.49. The minimum absolute atomic E-state index is 0.222. The third kappa shape index (κ3) is 4.05. The predicted molar refractivity (Wildman–Crippen MR) is 122 cm³/mol. The monoisotopic (exact) mass is 499 g/mol. The van der Waals surface area contributed by atoms with E-state index in [1.54, 1.807) is 6.07 Å². The van der Waals surface area contributed by atoms with Crippen LogP contribution in [0, 0.1) is 3.57 Å². The minimum atomic E-state index is -0.252. The smallest absolute Gasteiger partial charge is 0.258 e. The quantitative estimate of drug-likeness (QED) is 0.299. The maximum atomic E-state index is 12.4. The standard InChI is InChI=1S/C21H14IN3O2S/c22-16-9-2-1-8-15(16)19(26)25-21(28)23-14-7-5-6-13(12-14)20-24-17-10-3-4-11-18(17)27-20/h1-12H,(H2,23,25,26,28). The van der Waals surface area contributed by atoms with Gasteiger partial charge in [0, 0.05) is 14.8 Å². The molecular formula is C21H14IN3O2S. The lowest BCUT2D eigenvalue weighted by Crippen LogP contribution is -2.34. The van der Waals surface area contributed by atoms with Gasteiger partial charge in [0.25, 0.3) is 5.91 Å². The Morgan fingerprint density at radius 3 is 2.61 bits per heavy atom. The highest BCUT2D eigenvalue weighted by Gasteiger charge is 2.12. The molecule has 1 aromatic heterocycles. The van der Waals surface area contributed by atoms with Crippen LogP contribution in [0.1, 0.15) is 10.4 Å². The first-order chi connectivity index (χ1) is 13.6. The number of hydrogen-bond acceptors (Lipinski definition) is 4. The molecule has 0 bridgehead atoms. The maximum absolute atomic E-state index is 12.4. The van der Waals surface area contributed by atoms with Crippen molar-refractivity contribution in [3.8, 4) is 11.5 Å². The summed E-state index contributed by atoms with van der Waals surface area (Å²) in [5, 5.41) is 5.96. The summed E-state index contributed by atoms with van der Waals surface area (Å²) in [6.45, 7) is 0. The number of anilines is 1. The number of halogens is 1. The highest BCUT2D eigenvalue weighted by atomic mass is 127. The number of oxazole rings is 1. The summed E-state index contributed by atoms with van der Waals surface area (Å²) in [6.07, 6.45) is 0. The zero-order valence-electron chi connectivity index (χ0n) is 14.5. The van der Waals surface area contributed by atoms with Crippen LogP contribution in [0.25, 0.3) is 22.6 Å². The van der Waals surface area contributed by atoms with E-state index in [1.807, 2.05) is 66.7 Å². The van der Waals surface area contributed by atoms with Gasteiger partial charge in [-0.05, 0) is 77.3 Å². The topological polar surface area (TPSA) is 67.2 Å². The summed E-state index contributed by atoms with van der Waals surface area (Å²) in [5.41, 5.74) is 3.65. The normalized spacial score (nSPS) is 10.6. The van der Waals surface area contributed by atoms with Gasteiger partial charge in [-0.15, -0.1) is 0 Å². The van der Waals surface area contributed by atoms with Crippen molar-refractivity contribution < 1.29 is 9.21 Å². The lowest BCUT2D eigenvalue weighted by molar-refractivity contribution is 0.0977. The molecule has 0 saturated carbocycles. The molecule has 0 aliphatic heterocycles. The lowest BCUT2D eigenvalue weighted by atomic mass is 10.2. The summed E-state index contributed by atoms with van der Waals surface area (Å²) >= 11 is 7.40. The molecule has 0 fully saturated rings. The summed E-state index contributed by atoms with van der Waals surface area (Å²) in [6, 6.07) is 22.4. The van der Waals surface area contributed by atoms with Crippen LogP contribution >= 0.6 is 34.8 Å². The van der Waals surface area contributed by atoms with E-state index in [9.17, 15) is 4.79 Å². The van der Waals surface area contributed by atoms with E-state index in [4.69, 9.17) is 16.6 Å². The number of carbonyl (C=O) groups excluding carboxylic acids is 1. The average Bonchev–Trinajstić information content (AvgIpc) is 3.12. The number of hydrogen-bond donors (Lipinski definition) is 2. The molecule has 1 heterocycles. The molecule has 4 aromatic rings. The van der Waals surface area contributed by atoms with Crippen molar-refractivity contribution in [2.75, 3.05) is 5.32 Å². The SMILES string of the molecule is O=C(NC(=S)Nc1cccc(-c2nc3ccccc3o2)c1)c1ccccc1I. The van der Waals surface area contributed by atoms with Crippen molar-refractivity contribution in [1.29, 1.82) is 0 Å². The fourth-order valence-corrected chi connectivity index (χ4v) is 3.55. The second-order valence-electron chi connectivity index (χ2n) is 5.96. The van der Waals surface area contributed by atoms with Gasteiger partial charge >= 0.3 is 0 Å². The molecule has 0 radical (unpaired) electrons. The number of amides is 1. The molecule has 138 valence electrons. The van der Waals surface area contributed by atoms with E-state index in [-0.39, 0.29) is 11.0 Å². The number of para-hydroxylation sites is 2. The molecule has 7 heteroatoms. The first-order valence-electron chi connectivity index (χ1n) is 8.43. The Morgan fingerprint density at radius 2 is 1.79 bits per heavy atom. The Kier molecular flexibility index (Phi) is 5.36. The van der Waals surface area contributed by atoms with Gasteiger partial charge in [0.15, 0.2) is 10.7 Å². The average molecular weight is 499 g/mol. The van der Waals surface area contributed by atoms with Crippen molar-refractivity contribution in [2.45, 2.75) is 0 Å². The number of thiocarbonyl (C=S) groups is 1. The maximum Gasteiger partial charge on any atom is 0.258 e. The Hall–Kier alpha value is -2.78. The third-order valence-corrected chi connectivity index (χ3v) is 5.15. The first kappa shape index (κ1) is 18.6. The van der Waals surface area contributed by atoms with Crippen molar-refractivity contribution in [3.63, 3.8) is 0 Å². The number of rotatable bonds is 3.